The molecule has 8 heteroatoms. The molecular formula is C28H35N5O3. The molecule has 0 bridgehead atoms. The van der Waals surface area contributed by atoms with Crippen molar-refractivity contribution in [3.63, 3.8) is 0 Å². The summed E-state index contributed by atoms with van der Waals surface area (Å²) < 4.78 is 0. The van der Waals surface area contributed by atoms with Gasteiger partial charge in [-0.1, -0.05) is 12.1 Å². The first-order valence-electron chi connectivity index (χ1n) is 12.7. The second kappa shape index (κ2) is 11.9. The maximum absolute atomic E-state index is 13.0. The van der Waals surface area contributed by atoms with E-state index in [0.29, 0.717) is 29.9 Å². The highest BCUT2D eigenvalue weighted by Crippen LogP contribution is 2.17. The maximum Gasteiger partial charge on any atom is 0.321 e. The van der Waals surface area contributed by atoms with Crippen LogP contribution >= 0.6 is 0 Å². The zero-order valence-corrected chi connectivity index (χ0v) is 21.2. The third kappa shape index (κ3) is 6.79. The van der Waals surface area contributed by atoms with Crippen molar-refractivity contribution < 1.29 is 14.4 Å². The van der Waals surface area contributed by atoms with E-state index in [9.17, 15) is 14.4 Å². The predicted molar refractivity (Wildman–Crippen MR) is 142 cm³/mol. The number of amides is 4. The van der Waals surface area contributed by atoms with Gasteiger partial charge in [0.2, 0.25) is 0 Å². The molecular weight excluding hydrogens is 454 g/mol. The molecule has 2 aromatic rings. The molecule has 1 N–H and O–H groups in total. The standard InChI is InChI=1S/C28H35N5O3/c1-21(2)29-26(34)24-8-6-7-22(19-24)20-31-15-17-32(18-16-31)27(35)23-9-11-25(12-10-23)30-28(36)33-13-4-3-5-14-33/h6-12,19H,3-5,13-18,20H2,1-2H3,(H,30,36). The number of piperidine rings is 1. The molecule has 36 heavy (non-hydrogen) atoms. The predicted octanol–water partition coefficient (Wildman–Crippen LogP) is 4.28. The summed E-state index contributed by atoms with van der Waals surface area (Å²) in [5.74, 6) is -0.215. The Kier molecular flexibility index (Phi) is 8.48. The monoisotopic (exact) mass is 489 g/mol. The molecule has 2 aliphatic rings. The first-order chi connectivity index (χ1) is 17.4. The molecule has 4 rings (SSSR count). The summed E-state index contributed by atoms with van der Waals surface area (Å²) in [4.78, 5) is 47.7. The molecule has 0 radical (unpaired) electrons. The number of carbonyl (C=O) groups is 3. The van der Waals surface area contributed by atoms with Gasteiger partial charge in [0, 0.05) is 68.3 Å². The summed E-state index contributed by atoms with van der Waals surface area (Å²) in [5, 5.41) is 2.93. The third-order valence-corrected chi connectivity index (χ3v) is 6.59. The SMILES string of the molecule is CC(C)=NC(=O)c1cccc(CN2CCN(C(=O)c3ccc(NC(=O)N4CCCCC4)cc3)CC2)c1. The number of hydrogen-bond donors (Lipinski definition) is 1. The van der Waals surface area contributed by atoms with Gasteiger partial charge in [0.25, 0.3) is 11.8 Å². The molecule has 0 aliphatic carbocycles. The highest BCUT2D eigenvalue weighted by molar-refractivity contribution is 6.02. The molecule has 190 valence electrons. The molecule has 2 aliphatic heterocycles. The van der Waals surface area contributed by atoms with Crippen LogP contribution in [-0.4, -0.2) is 77.5 Å². The molecule has 2 aromatic carbocycles. The Morgan fingerprint density at radius 1 is 0.806 bits per heavy atom. The van der Waals surface area contributed by atoms with Gasteiger partial charge in [-0.05, 0) is 75.1 Å². The lowest BCUT2D eigenvalue weighted by Gasteiger charge is -2.35. The van der Waals surface area contributed by atoms with E-state index in [-0.39, 0.29) is 17.8 Å². The van der Waals surface area contributed by atoms with E-state index < -0.39 is 0 Å². The van der Waals surface area contributed by atoms with Crippen molar-refractivity contribution in [1.82, 2.24) is 14.7 Å². The van der Waals surface area contributed by atoms with Crippen LogP contribution in [0.15, 0.2) is 53.5 Å². The number of urea groups is 1. The van der Waals surface area contributed by atoms with Gasteiger partial charge in [-0.2, -0.15) is 0 Å². The van der Waals surface area contributed by atoms with Crippen LogP contribution in [0.4, 0.5) is 10.5 Å². The molecule has 4 amide bonds. The van der Waals surface area contributed by atoms with Crippen molar-refractivity contribution >= 4 is 29.2 Å². The van der Waals surface area contributed by atoms with Gasteiger partial charge >= 0.3 is 6.03 Å². The van der Waals surface area contributed by atoms with E-state index in [0.717, 1.165) is 56.8 Å². The van der Waals surface area contributed by atoms with E-state index in [1.54, 1.807) is 30.3 Å². The Balaban J connectivity index is 1.27. The van der Waals surface area contributed by atoms with E-state index in [1.807, 2.05) is 41.8 Å². The molecule has 0 spiro atoms. The van der Waals surface area contributed by atoms with E-state index in [2.05, 4.69) is 15.2 Å². The van der Waals surface area contributed by atoms with Crippen LogP contribution in [0.5, 0.6) is 0 Å². The molecule has 2 fully saturated rings. The number of aliphatic imine (C=N–C) groups is 1. The summed E-state index contributed by atoms with van der Waals surface area (Å²) in [6.07, 6.45) is 3.28. The fourth-order valence-electron chi connectivity index (χ4n) is 4.62. The fraction of sp³-hybridized carbons (Fsp3) is 0.429. The van der Waals surface area contributed by atoms with E-state index in [4.69, 9.17) is 0 Å². The molecule has 0 saturated carbocycles. The highest BCUT2D eigenvalue weighted by atomic mass is 16.2. The lowest BCUT2D eigenvalue weighted by atomic mass is 10.1. The number of piperazine rings is 1. The normalized spacial score (nSPS) is 16.4. The third-order valence-electron chi connectivity index (χ3n) is 6.59. The number of nitrogens with zero attached hydrogens (tertiary/aromatic N) is 4. The molecule has 2 saturated heterocycles. The Labute approximate surface area is 213 Å². The van der Waals surface area contributed by atoms with Crippen LogP contribution in [0, 0.1) is 0 Å². The average molecular weight is 490 g/mol. The van der Waals surface area contributed by atoms with Crippen LogP contribution in [0.25, 0.3) is 0 Å². The van der Waals surface area contributed by atoms with Crippen LogP contribution in [-0.2, 0) is 6.54 Å². The quantitative estimate of drug-likeness (QED) is 0.635. The average Bonchev–Trinajstić information content (AvgIpc) is 2.89. The van der Waals surface area contributed by atoms with Gasteiger partial charge in [-0.15, -0.1) is 0 Å². The topological polar surface area (TPSA) is 85.3 Å². The van der Waals surface area contributed by atoms with Crippen LogP contribution in [0.1, 0.15) is 59.4 Å². The minimum atomic E-state index is -0.218. The minimum Gasteiger partial charge on any atom is -0.336 e. The van der Waals surface area contributed by atoms with Gasteiger partial charge in [0.1, 0.15) is 0 Å². The fourth-order valence-corrected chi connectivity index (χ4v) is 4.62. The number of nitrogens with one attached hydrogen (secondary N) is 1. The Morgan fingerprint density at radius 3 is 2.17 bits per heavy atom. The van der Waals surface area contributed by atoms with Crippen molar-refractivity contribution in [3.8, 4) is 0 Å². The van der Waals surface area contributed by atoms with Crippen LogP contribution in [0.2, 0.25) is 0 Å². The van der Waals surface area contributed by atoms with Crippen molar-refractivity contribution in [2.75, 3.05) is 44.6 Å². The summed E-state index contributed by atoms with van der Waals surface area (Å²) in [7, 11) is 0. The van der Waals surface area contributed by atoms with Crippen molar-refractivity contribution in [2.24, 2.45) is 4.99 Å². The first-order valence-corrected chi connectivity index (χ1v) is 12.7. The Hall–Kier alpha value is -3.52. The number of benzene rings is 2. The van der Waals surface area contributed by atoms with Crippen LogP contribution < -0.4 is 5.32 Å². The second-order valence-electron chi connectivity index (χ2n) is 9.69. The lowest BCUT2D eigenvalue weighted by Crippen LogP contribution is -2.48. The highest BCUT2D eigenvalue weighted by Gasteiger charge is 2.23. The number of hydrogen-bond acceptors (Lipinski definition) is 4. The maximum atomic E-state index is 13.0. The molecule has 0 aromatic heterocycles. The van der Waals surface area contributed by atoms with E-state index in [1.165, 1.54) is 6.42 Å². The number of anilines is 1. The van der Waals surface area contributed by atoms with Gasteiger partial charge in [-0.3, -0.25) is 14.5 Å². The molecule has 2 heterocycles. The summed E-state index contributed by atoms with van der Waals surface area (Å²) in [6, 6.07) is 14.7. The molecule has 8 nitrogen and oxygen atoms in total. The summed E-state index contributed by atoms with van der Waals surface area (Å²) >= 11 is 0. The van der Waals surface area contributed by atoms with Crippen molar-refractivity contribution in [2.45, 2.75) is 39.7 Å². The number of likely N-dealkylation sites (tertiary alicyclic amines) is 1. The Bertz CT molecular complexity index is 1110. The zero-order valence-electron chi connectivity index (χ0n) is 21.2. The Morgan fingerprint density at radius 2 is 1.50 bits per heavy atom. The number of carbonyl (C=O) groups excluding carboxylic acids is 3. The largest absolute Gasteiger partial charge is 0.336 e. The molecule has 0 unspecified atom stereocenters. The first kappa shape index (κ1) is 25.6. The van der Waals surface area contributed by atoms with Crippen molar-refractivity contribution in [1.29, 1.82) is 0 Å². The van der Waals surface area contributed by atoms with Crippen molar-refractivity contribution in [3.05, 3.63) is 65.2 Å². The lowest BCUT2D eigenvalue weighted by molar-refractivity contribution is 0.0628. The smallest absolute Gasteiger partial charge is 0.321 e. The van der Waals surface area contributed by atoms with Crippen LogP contribution in [0.3, 0.4) is 0 Å². The minimum absolute atomic E-state index is 0.00366. The summed E-state index contributed by atoms with van der Waals surface area (Å²) in [6.45, 7) is 8.75. The van der Waals surface area contributed by atoms with Gasteiger partial charge < -0.3 is 15.1 Å². The van der Waals surface area contributed by atoms with E-state index >= 15 is 0 Å². The number of rotatable bonds is 5. The zero-order chi connectivity index (χ0) is 25.5. The van der Waals surface area contributed by atoms with Gasteiger partial charge in [0.05, 0.1) is 0 Å². The second-order valence-corrected chi connectivity index (χ2v) is 9.69. The van der Waals surface area contributed by atoms with Gasteiger partial charge in [0.15, 0.2) is 0 Å². The van der Waals surface area contributed by atoms with Gasteiger partial charge in [-0.25, -0.2) is 9.79 Å². The molecule has 0 atom stereocenters. The summed E-state index contributed by atoms with van der Waals surface area (Å²) in [5.41, 5.74) is 3.72.